The molecule has 0 unspecified atom stereocenters. The van der Waals surface area contributed by atoms with E-state index in [2.05, 4.69) is 25.6 Å². The Bertz CT molecular complexity index is 741. The predicted molar refractivity (Wildman–Crippen MR) is 98.3 cm³/mol. The van der Waals surface area contributed by atoms with Crippen molar-refractivity contribution in [3.8, 4) is 0 Å². The van der Waals surface area contributed by atoms with Crippen molar-refractivity contribution in [2.24, 2.45) is 16.5 Å². The van der Waals surface area contributed by atoms with Gasteiger partial charge in [-0.1, -0.05) is 12.8 Å². The van der Waals surface area contributed by atoms with Gasteiger partial charge in [0.2, 0.25) is 5.95 Å². The molecule has 134 valence electrons. The largest absolute Gasteiger partial charge is 0.404 e. The highest BCUT2D eigenvalue weighted by Gasteiger charge is 2.30. The maximum absolute atomic E-state index is 12.2. The molecule has 8 heteroatoms. The zero-order chi connectivity index (χ0) is 18.0. The summed E-state index contributed by atoms with van der Waals surface area (Å²) in [7, 11) is 1.68. The number of carbonyl (C=O) groups excluding carboxylic acids is 1. The second-order valence-electron chi connectivity index (χ2n) is 6.49. The van der Waals surface area contributed by atoms with Crippen LogP contribution >= 0.6 is 0 Å². The number of allylic oxidation sites excluding steroid dienone is 1. The third-order valence-electron chi connectivity index (χ3n) is 4.91. The fraction of sp³-hybridized carbons (Fsp3) is 0.529. The lowest BCUT2D eigenvalue weighted by Crippen LogP contribution is -2.43. The smallest absolute Gasteiger partial charge is 0.255 e. The summed E-state index contributed by atoms with van der Waals surface area (Å²) in [4.78, 5) is 25.5. The van der Waals surface area contributed by atoms with Crippen LogP contribution in [0.2, 0.25) is 0 Å². The van der Waals surface area contributed by atoms with Crippen LogP contribution in [0.15, 0.2) is 11.2 Å². The van der Waals surface area contributed by atoms with Gasteiger partial charge in [0.25, 0.3) is 5.91 Å². The number of amides is 1. The van der Waals surface area contributed by atoms with Crippen LogP contribution in [0.3, 0.4) is 0 Å². The van der Waals surface area contributed by atoms with Gasteiger partial charge in [-0.25, -0.2) is 9.97 Å². The molecule has 1 aromatic rings. The number of nitrogens with zero attached hydrogens (tertiary/aromatic N) is 3. The first-order chi connectivity index (χ1) is 12.0. The molecular formula is C17H25N7O. The summed E-state index contributed by atoms with van der Waals surface area (Å²) in [6.07, 6.45) is 5.71. The molecule has 1 aliphatic carbocycles. The zero-order valence-corrected chi connectivity index (χ0v) is 14.7. The van der Waals surface area contributed by atoms with E-state index in [1.807, 2.05) is 6.92 Å². The summed E-state index contributed by atoms with van der Waals surface area (Å²) < 4.78 is 0. The summed E-state index contributed by atoms with van der Waals surface area (Å²) in [6.45, 7) is 2.22. The Balaban J connectivity index is 2.02. The fourth-order valence-corrected chi connectivity index (χ4v) is 3.38. The number of hydrogen-bond acceptors (Lipinski definition) is 7. The lowest BCUT2D eigenvalue weighted by atomic mass is 9.91. The van der Waals surface area contributed by atoms with Gasteiger partial charge < -0.3 is 22.1 Å². The molecule has 25 heavy (non-hydrogen) atoms. The van der Waals surface area contributed by atoms with Crippen LogP contribution < -0.4 is 22.1 Å². The quantitative estimate of drug-likeness (QED) is 0.598. The minimum Gasteiger partial charge on any atom is -0.404 e. The second-order valence-corrected chi connectivity index (χ2v) is 6.49. The molecule has 1 aromatic heterocycles. The van der Waals surface area contributed by atoms with Crippen molar-refractivity contribution in [1.82, 2.24) is 15.3 Å². The predicted octanol–water partition coefficient (Wildman–Crippen LogP) is 0.792. The highest BCUT2D eigenvalue weighted by atomic mass is 16.1. The normalized spacial score (nSPS) is 24.0. The Morgan fingerprint density at radius 3 is 2.80 bits per heavy atom. The molecule has 0 radical (unpaired) electrons. The van der Waals surface area contributed by atoms with Crippen LogP contribution in [0.4, 0.5) is 5.95 Å². The molecule has 1 fully saturated rings. The molecule has 2 heterocycles. The van der Waals surface area contributed by atoms with Gasteiger partial charge in [-0.05, 0) is 19.8 Å². The number of fused-ring (bicyclic) bond motifs is 1. The number of anilines is 1. The van der Waals surface area contributed by atoms with Gasteiger partial charge in [0.15, 0.2) is 0 Å². The molecule has 6 N–H and O–H groups in total. The molecule has 0 saturated heterocycles. The molecule has 1 amide bonds. The molecule has 1 aliphatic heterocycles. The monoisotopic (exact) mass is 343 g/mol. The highest BCUT2D eigenvalue weighted by Crippen LogP contribution is 2.27. The van der Waals surface area contributed by atoms with Gasteiger partial charge in [0, 0.05) is 36.6 Å². The average Bonchev–Trinajstić information content (AvgIpc) is 2.98. The van der Waals surface area contributed by atoms with E-state index >= 15 is 0 Å². The lowest BCUT2D eigenvalue weighted by Gasteiger charge is -2.29. The number of nitrogens with one attached hydrogen (secondary N) is 2. The number of hydrogen-bond donors (Lipinski definition) is 4. The summed E-state index contributed by atoms with van der Waals surface area (Å²) in [5.41, 5.74) is 15.0. The standard InChI is InChI=1S/C17H25N7O/c1-9(20-2)10(7-18)15-14-13(8-21-16(14)25)23-17(24-15)22-12-6-4-3-5-11(12)19/h7,11-12H,3-6,8,18-19H2,1-2H3,(H,21,25)(H,22,23,24)/b10-7+,20-9?/t11-,12+/m0/s1. The first-order valence-corrected chi connectivity index (χ1v) is 8.62. The van der Waals surface area contributed by atoms with E-state index < -0.39 is 0 Å². The van der Waals surface area contributed by atoms with E-state index in [1.165, 1.54) is 6.20 Å². The Labute approximate surface area is 147 Å². The van der Waals surface area contributed by atoms with Gasteiger partial charge in [-0.15, -0.1) is 0 Å². The Kier molecular flexibility index (Phi) is 4.98. The van der Waals surface area contributed by atoms with Crippen molar-refractivity contribution in [1.29, 1.82) is 0 Å². The van der Waals surface area contributed by atoms with Crippen molar-refractivity contribution in [2.45, 2.75) is 51.2 Å². The maximum Gasteiger partial charge on any atom is 0.255 e. The molecule has 0 aromatic carbocycles. The topological polar surface area (TPSA) is 131 Å². The number of aliphatic imine (C=N–C) groups is 1. The van der Waals surface area contributed by atoms with Crippen molar-refractivity contribution >= 4 is 23.1 Å². The molecule has 1 saturated carbocycles. The molecule has 8 nitrogen and oxygen atoms in total. The van der Waals surface area contributed by atoms with Crippen molar-refractivity contribution in [3.05, 3.63) is 23.2 Å². The van der Waals surface area contributed by atoms with E-state index in [4.69, 9.17) is 11.5 Å². The van der Waals surface area contributed by atoms with Gasteiger partial charge in [0.05, 0.1) is 23.5 Å². The van der Waals surface area contributed by atoms with Crippen molar-refractivity contribution < 1.29 is 4.79 Å². The minimum atomic E-state index is -0.186. The first-order valence-electron chi connectivity index (χ1n) is 8.62. The van der Waals surface area contributed by atoms with Crippen LogP contribution in [-0.2, 0) is 6.54 Å². The van der Waals surface area contributed by atoms with E-state index in [9.17, 15) is 4.79 Å². The number of rotatable bonds is 4. The Morgan fingerprint density at radius 1 is 1.36 bits per heavy atom. The summed E-state index contributed by atoms with van der Waals surface area (Å²) in [5, 5.41) is 6.16. The number of carbonyl (C=O) groups is 1. The lowest BCUT2D eigenvalue weighted by molar-refractivity contribution is 0.0965. The van der Waals surface area contributed by atoms with Crippen LogP contribution in [0.25, 0.3) is 5.57 Å². The molecule has 3 rings (SSSR count). The van der Waals surface area contributed by atoms with E-state index in [1.54, 1.807) is 7.05 Å². The summed E-state index contributed by atoms with van der Waals surface area (Å²) in [6, 6.07) is 0.216. The van der Waals surface area contributed by atoms with Crippen LogP contribution in [-0.4, -0.2) is 40.7 Å². The molecule has 0 bridgehead atoms. The van der Waals surface area contributed by atoms with Gasteiger partial charge >= 0.3 is 0 Å². The Hall–Kier alpha value is -2.48. The van der Waals surface area contributed by atoms with E-state index in [0.29, 0.717) is 40.7 Å². The SMILES string of the molecule is CN=C(C)/C(=C\N)c1nc(N[C@@H]2CCCC[C@@H]2N)nc2c1C(=O)NC2. The summed E-state index contributed by atoms with van der Waals surface area (Å²) >= 11 is 0. The van der Waals surface area contributed by atoms with E-state index in [0.717, 1.165) is 25.7 Å². The van der Waals surface area contributed by atoms with Crippen LogP contribution in [0.5, 0.6) is 0 Å². The number of aromatic nitrogens is 2. The van der Waals surface area contributed by atoms with E-state index in [-0.39, 0.29) is 18.0 Å². The first kappa shape index (κ1) is 17.3. The molecular weight excluding hydrogens is 318 g/mol. The second kappa shape index (κ2) is 7.18. The van der Waals surface area contributed by atoms with Gasteiger partial charge in [-0.2, -0.15) is 0 Å². The van der Waals surface area contributed by atoms with Crippen molar-refractivity contribution in [3.63, 3.8) is 0 Å². The van der Waals surface area contributed by atoms with Gasteiger partial charge in [0.1, 0.15) is 0 Å². The van der Waals surface area contributed by atoms with Gasteiger partial charge in [-0.3, -0.25) is 9.79 Å². The highest BCUT2D eigenvalue weighted by molar-refractivity contribution is 6.24. The minimum absolute atomic E-state index is 0.0808. The Morgan fingerprint density at radius 2 is 2.12 bits per heavy atom. The molecule has 2 aliphatic rings. The maximum atomic E-state index is 12.2. The van der Waals surface area contributed by atoms with Crippen LogP contribution in [0.1, 0.15) is 54.4 Å². The summed E-state index contributed by atoms with van der Waals surface area (Å²) in [5.74, 6) is 0.296. The molecule has 2 atom stereocenters. The average molecular weight is 343 g/mol. The zero-order valence-electron chi connectivity index (χ0n) is 14.7. The van der Waals surface area contributed by atoms with Crippen LogP contribution in [0, 0.1) is 0 Å². The van der Waals surface area contributed by atoms with Crippen molar-refractivity contribution in [2.75, 3.05) is 12.4 Å². The third kappa shape index (κ3) is 3.34. The molecule has 0 spiro atoms. The fourth-order valence-electron chi connectivity index (χ4n) is 3.38. The third-order valence-corrected chi connectivity index (χ3v) is 4.91. The number of nitrogens with two attached hydrogens (primary N) is 2.